The topological polar surface area (TPSA) is 38.7 Å². The van der Waals surface area contributed by atoms with E-state index >= 15 is 0 Å². The summed E-state index contributed by atoms with van der Waals surface area (Å²) in [5, 5.41) is 10.0. The van der Waals surface area contributed by atoms with E-state index in [1.54, 1.807) is 0 Å². The van der Waals surface area contributed by atoms with Crippen LogP contribution in [-0.2, 0) is 22.5 Å². The molecule has 2 aromatic carbocycles. The molecule has 0 unspecified atom stereocenters. The number of halogens is 1. The van der Waals surface area contributed by atoms with Crippen LogP contribution < -0.4 is 0 Å². The Labute approximate surface area is 145 Å². The van der Waals surface area contributed by atoms with Crippen molar-refractivity contribution in [1.29, 1.82) is 0 Å². The fraction of sp³-hybridized carbons (Fsp3) is 0.368. The van der Waals surface area contributed by atoms with Gasteiger partial charge in [0.2, 0.25) is 0 Å². The lowest BCUT2D eigenvalue weighted by Crippen LogP contribution is -2.38. The van der Waals surface area contributed by atoms with Crippen LogP contribution in [0.15, 0.2) is 59.1 Å². The standard InChI is InChI=1S/C19H21BrO3/c20-17-9-5-4-8-16(17)13-23-18-19(14-21,10-11-22-18)12-15-6-2-1-3-7-15/h1-9,18,21H,10-14H2/t18-,19+/m1/s1. The Morgan fingerprint density at radius 3 is 2.61 bits per heavy atom. The molecule has 0 saturated carbocycles. The largest absolute Gasteiger partial charge is 0.396 e. The summed E-state index contributed by atoms with van der Waals surface area (Å²) in [6.07, 6.45) is 1.17. The van der Waals surface area contributed by atoms with Crippen molar-refractivity contribution in [3.05, 3.63) is 70.2 Å². The second-order valence-electron chi connectivity index (χ2n) is 6.04. The zero-order valence-electron chi connectivity index (χ0n) is 13.0. The molecule has 1 N–H and O–H groups in total. The summed E-state index contributed by atoms with van der Waals surface area (Å²) in [5.41, 5.74) is 1.90. The minimum atomic E-state index is -0.389. The molecule has 1 aliphatic rings. The molecule has 0 aromatic heterocycles. The maximum atomic E-state index is 10.0. The number of hydrogen-bond acceptors (Lipinski definition) is 3. The summed E-state index contributed by atoms with van der Waals surface area (Å²) >= 11 is 3.54. The number of aliphatic hydroxyl groups is 1. The molecule has 122 valence electrons. The SMILES string of the molecule is OC[C@@]1(Cc2ccccc2)CCO[C@@H]1OCc1ccccc1Br. The molecule has 0 aliphatic carbocycles. The van der Waals surface area contributed by atoms with E-state index in [2.05, 4.69) is 28.1 Å². The molecule has 3 rings (SSSR count). The van der Waals surface area contributed by atoms with Gasteiger partial charge in [-0.2, -0.15) is 0 Å². The third kappa shape index (κ3) is 3.83. The zero-order chi connectivity index (χ0) is 16.1. The van der Waals surface area contributed by atoms with Crippen LogP contribution in [-0.4, -0.2) is 24.6 Å². The maximum absolute atomic E-state index is 10.0. The van der Waals surface area contributed by atoms with Crippen LogP contribution in [0.5, 0.6) is 0 Å². The minimum absolute atomic E-state index is 0.0581. The van der Waals surface area contributed by atoms with E-state index in [-0.39, 0.29) is 18.3 Å². The number of hydrogen-bond donors (Lipinski definition) is 1. The van der Waals surface area contributed by atoms with Gasteiger partial charge in [0.1, 0.15) is 0 Å². The maximum Gasteiger partial charge on any atom is 0.166 e. The van der Waals surface area contributed by atoms with Crippen molar-refractivity contribution in [2.24, 2.45) is 5.41 Å². The zero-order valence-corrected chi connectivity index (χ0v) is 14.5. The molecular weight excluding hydrogens is 356 g/mol. The van der Waals surface area contributed by atoms with E-state index in [0.29, 0.717) is 13.2 Å². The molecule has 1 aliphatic heterocycles. The first kappa shape index (κ1) is 16.7. The van der Waals surface area contributed by atoms with E-state index < -0.39 is 0 Å². The predicted molar refractivity (Wildman–Crippen MR) is 93.0 cm³/mol. The molecule has 0 radical (unpaired) electrons. The van der Waals surface area contributed by atoms with Crippen molar-refractivity contribution < 1.29 is 14.6 Å². The Kier molecular flexibility index (Phi) is 5.49. The normalized spacial score (nSPS) is 24.0. The van der Waals surface area contributed by atoms with Gasteiger partial charge in [-0.3, -0.25) is 0 Å². The van der Waals surface area contributed by atoms with Gasteiger partial charge in [0.25, 0.3) is 0 Å². The monoisotopic (exact) mass is 376 g/mol. The van der Waals surface area contributed by atoms with Gasteiger partial charge in [-0.15, -0.1) is 0 Å². The van der Waals surface area contributed by atoms with Crippen LogP contribution >= 0.6 is 15.9 Å². The van der Waals surface area contributed by atoms with Crippen molar-refractivity contribution in [3.8, 4) is 0 Å². The van der Waals surface area contributed by atoms with Crippen LogP contribution in [0.2, 0.25) is 0 Å². The molecular formula is C19H21BrO3. The number of aliphatic hydroxyl groups excluding tert-OH is 1. The lowest BCUT2D eigenvalue weighted by molar-refractivity contribution is -0.177. The highest BCUT2D eigenvalue weighted by Gasteiger charge is 2.44. The third-order valence-electron chi connectivity index (χ3n) is 4.43. The van der Waals surface area contributed by atoms with Crippen LogP contribution in [0, 0.1) is 5.41 Å². The summed E-state index contributed by atoms with van der Waals surface area (Å²) in [4.78, 5) is 0. The first-order valence-electron chi connectivity index (χ1n) is 7.85. The molecule has 0 bridgehead atoms. The quantitative estimate of drug-likeness (QED) is 0.829. The molecule has 0 amide bonds. The van der Waals surface area contributed by atoms with Gasteiger partial charge in [0, 0.05) is 4.47 Å². The van der Waals surface area contributed by atoms with Crippen molar-refractivity contribution in [2.45, 2.75) is 25.7 Å². The van der Waals surface area contributed by atoms with Gasteiger partial charge in [0.15, 0.2) is 6.29 Å². The molecule has 2 aromatic rings. The smallest absolute Gasteiger partial charge is 0.166 e. The number of ether oxygens (including phenoxy) is 2. The van der Waals surface area contributed by atoms with E-state index in [1.807, 2.05) is 42.5 Å². The average molecular weight is 377 g/mol. The molecule has 0 spiro atoms. The fourth-order valence-corrected chi connectivity index (χ4v) is 3.45. The lowest BCUT2D eigenvalue weighted by atomic mass is 9.80. The van der Waals surface area contributed by atoms with E-state index in [4.69, 9.17) is 9.47 Å². The van der Waals surface area contributed by atoms with Crippen molar-refractivity contribution in [3.63, 3.8) is 0 Å². The fourth-order valence-electron chi connectivity index (χ4n) is 3.05. The van der Waals surface area contributed by atoms with Crippen LogP contribution in [0.25, 0.3) is 0 Å². The first-order chi connectivity index (χ1) is 11.2. The molecule has 1 saturated heterocycles. The van der Waals surface area contributed by atoms with E-state index in [9.17, 15) is 5.11 Å². The van der Waals surface area contributed by atoms with Crippen molar-refractivity contribution in [1.82, 2.24) is 0 Å². The first-order valence-corrected chi connectivity index (χ1v) is 8.64. The Bertz CT molecular complexity index is 632. The lowest BCUT2D eigenvalue weighted by Gasteiger charge is -2.32. The van der Waals surface area contributed by atoms with Crippen LogP contribution in [0.4, 0.5) is 0 Å². The predicted octanol–water partition coefficient (Wildman–Crippen LogP) is 3.93. The molecule has 1 fully saturated rings. The Morgan fingerprint density at radius 1 is 1.13 bits per heavy atom. The van der Waals surface area contributed by atoms with Gasteiger partial charge >= 0.3 is 0 Å². The highest BCUT2D eigenvalue weighted by Crippen LogP contribution is 2.39. The van der Waals surface area contributed by atoms with Crippen molar-refractivity contribution in [2.75, 3.05) is 13.2 Å². The van der Waals surface area contributed by atoms with Gasteiger partial charge < -0.3 is 14.6 Å². The number of rotatable bonds is 6. The Balaban J connectivity index is 1.71. The number of benzene rings is 2. The summed E-state index contributed by atoms with van der Waals surface area (Å²) < 4.78 is 12.9. The molecule has 1 heterocycles. The van der Waals surface area contributed by atoms with Gasteiger partial charge in [-0.05, 0) is 30.0 Å². The second-order valence-corrected chi connectivity index (χ2v) is 6.89. The molecule has 4 heteroatoms. The Hall–Kier alpha value is -1.20. The average Bonchev–Trinajstić information content (AvgIpc) is 2.98. The molecule has 3 nitrogen and oxygen atoms in total. The summed E-state index contributed by atoms with van der Waals surface area (Å²) in [6, 6.07) is 18.2. The molecule has 2 atom stereocenters. The summed E-state index contributed by atoms with van der Waals surface area (Å²) in [5.74, 6) is 0. The van der Waals surface area contributed by atoms with Gasteiger partial charge in [0.05, 0.1) is 25.2 Å². The van der Waals surface area contributed by atoms with E-state index in [0.717, 1.165) is 22.9 Å². The van der Waals surface area contributed by atoms with Gasteiger partial charge in [-0.25, -0.2) is 0 Å². The molecule has 23 heavy (non-hydrogen) atoms. The summed E-state index contributed by atoms with van der Waals surface area (Å²) in [6.45, 7) is 1.14. The van der Waals surface area contributed by atoms with Crippen LogP contribution in [0.3, 0.4) is 0 Å². The Morgan fingerprint density at radius 2 is 1.87 bits per heavy atom. The van der Waals surface area contributed by atoms with E-state index in [1.165, 1.54) is 5.56 Å². The highest BCUT2D eigenvalue weighted by molar-refractivity contribution is 9.10. The third-order valence-corrected chi connectivity index (χ3v) is 5.20. The highest BCUT2D eigenvalue weighted by atomic mass is 79.9. The van der Waals surface area contributed by atoms with Gasteiger partial charge in [-0.1, -0.05) is 64.5 Å². The summed E-state index contributed by atoms with van der Waals surface area (Å²) in [7, 11) is 0. The second kappa shape index (κ2) is 7.58. The van der Waals surface area contributed by atoms with Crippen molar-refractivity contribution >= 4 is 15.9 Å². The minimum Gasteiger partial charge on any atom is -0.396 e. The van der Waals surface area contributed by atoms with Crippen LogP contribution in [0.1, 0.15) is 17.5 Å².